The molecule has 26 heavy (non-hydrogen) atoms. The monoisotopic (exact) mass is 416 g/mol. The van der Waals surface area contributed by atoms with Crippen molar-refractivity contribution in [1.82, 2.24) is 4.90 Å². The zero-order valence-corrected chi connectivity index (χ0v) is 16.2. The predicted octanol–water partition coefficient (Wildman–Crippen LogP) is 3.61. The Hall–Kier alpha value is -2.34. The molecule has 0 aliphatic carbocycles. The average molecular weight is 417 g/mol. The highest BCUT2D eigenvalue weighted by Gasteiger charge is 2.24. The van der Waals surface area contributed by atoms with E-state index >= 15 is 0 Å². The van der Waals surface area contributed by atoms with E-state index in [2.05, 4.69) is 15.9 Å². The third-order valence-corrected chi connectivity index (χ3v) is 4.87. The molecule has 0 atom stereocenters. The summed E-state index contributed by atoms with van der Waals surface area (Å²) in [7, 11) is 1.76. The van der Waals surface area contributed by atoms with E-state index < -0.39 is 0 Å². The molecule has 0 saturated carbocycles. The molecule has 2 aromatic carbocycles. The fourth-order valence-corrected chi connectivity index (χ4v) is 3.18. The normalized spacial score (nSPS) is 12.9. The summed E-state index contributed by atoms with van der Waals surface area (Å²) in [6, 6.07) is 15.3. The van der Waals surface area contributed by atoms with Gasteiger partial charge >= 0.3 is 0 Å². The molecule has 0 saturated heterocycles. The summed E-state index contributed by atoms with van der Waals surface area (Å²) >= 11 is 3.40. The zero-order chi connectivity index (χ0) is 18.5. The van der Waals surface area contributed by atoms with Crippen LogP contribution in [0.25, 0.3) is 0 Å². The van der Waals surface area contributed by atoms with Crippen molar-refractivity contribution in [2.75, 3.05) is 25.1 Å². The summed E-state index contributed by atoms with van der Waals surface area (Å²) in [5.41, 5.74) is 1.83. The Bertz CT molecular complexity index is 792. The molecule has 1 aliphatic rings. The topological polar surface area (TPSA) is 49.9 Å². The van der Waals surface area contributed by atoms with E-state index in [4.69, 9.17) is 4.74 Å². The van der Waals surface area contributed by atoms with Gasteiger partial charge in [-0.05, 0) is 29.8 Å². The lowest BCUT2D eigenvalue weighted by Gasteiger charge is -2.29. The van der Waals surface area contributed by atoms with Gasteiger partial charge in [-0.3, -0.25) is 9.59 Å². The average Bonchev–Trinajstić information content (AvgIpc) is 2.67. The fraction of sp³-hybridized carbons (Fsp3) is 0.300. The first-order chi connectivity index (χ1) is 12.5. The fourth-order valence-electron chi connectivity index (χ4n) is 2.92. The highest BCUT2D eigenvalue weighted by atomic mass is 79.9. The molecule has 6 heteroatoms. The maximum atomic E-state index is 12.6. The van der Waals surface area contributed by atoms with Crippen molar-refractivity contribution in [3.8, 4) is 5.75 Å². The molecule has 3 rings (SSSR count). The van der Waals surface area contributed by atoms with E-state index in [0.29, 0.717) is 25.4 Å². The number of fused-ring (bicyclic) bond motifs is 1. The van der Waals surface area contributed by atoms with Crippen LogP contribution in [0, 0.1) is 0 Å². The van der Waals surface area contributed by atoms with E-state index in [9.17, 15) is 9.59 Å². The summed E-state index contributed by atoms with van der Waals surface area (Å²) in [5, 5.41) is 0. The van der Waals surface area contributed by atoms with Crippen LogP contribution in [0.1, 0.15) is 18.4 Å². The zero-order valence-electron chi connectivity index (χ0n) is 14.7. The Labute approximate surface area is 161 Å². The number of nitrogens with zero attached hydrogens (tertiary/aromatic N) is 2. The Kier molecular flexibility index (Phi) is 5.93. The van der Waals surface area contributed by atoms with Crippen LogP contribution in [-0.2, 0) is 16.1 Å². The first-order valence-electron chi connectivity index (χ1n) is 8.55. The number of anilines is 1. The van der Waals surface area contributed by atoms with Gasteiger partial charge in [-0.25, -0.2) is 0 Å². The number of halogens is 1. The Balaban J connectivity index is 1.54. The first kappa shape index (κ1) is 18.5. The van der Waals surface area contributed by atoms with Crippen molar-refractivity contribution in [3.63, 3.8) is 0 Å². The van der Waals surface area contributed by atoms with Crippen molar-refractivity contribution in [2.45, 2.75) is 19.4 Å². The SMILES string of the molecule is CN(Cc1ccc(Br)cc1)C(=O)CCC(=O)N1CCOc2ccccc21. The van der Waals surface area contributed by atoms with Crippen LogP contribution in [0.5, 0.6) is 5.75 Å². The lowest BCUT2D eigenvalue weighted by atomic mass is 10.2. The summed E-state index contributed by atoms with van der Waals surface area (Å²) in [4.78, 5) is 28.3. The lowest BCUT2D eigenvalue weighted by molar-refractivity contribution is -0.132. The molecule has 0 aromatic heterocycles. The van der Waals surface area contributed by atoms with Crippen LogP contribution in [-0.4, -0.2) is 36.9 Å². The van der Waals surface area contributed by atoms with Gasteiger partial charge in [0.15, 0.2) is 0 Å². The standard InChI is InChI=1S/C20H21BrN2O3/c1-22(14-15-6-8-16(21)9-7-15)19(24)10-11-20(25)23-12-13-26-18-5-3-2-4-17(18)23/h2-9H,10-14H2,1H3. The molecular formula is C20H21BrN2O3. The predicted molar refractivity (Wildman–Crippen MR) is 104 cm³/mol. The molecule has 0 N–H and O–H groups in total. The van der Waals surface area contributed by atoms with Crippen molar-refractivity contribution >= 4 is 33.4 Å². The van der Waals surface area contributed by atoms with Crippen molar-refractivity contribution in [2.24, 2.45) is 0 Å². The number of hydrogen-bond acceptors (Lipinski definition) is 3. The molecule has 0 unspecified atom stereocenters. The molecule has 136 valence electrons. The summed E-state index contributed by atoms with van der Waals surface area (Å²) in [6.45, 7) is 1.51. The van der Waals surface area contributed by atoms with Gasteiger partial charge in [0.25, 0.3) is 0 Å². The third kappa shape index (κ3) is 4.43. The third-order valence-electron chi connectivity index (χ3n) is 4.34. The van der Waals surface area contributed by atoms with E-state index in [1.165, 1.54) is 0 Å². The molecule has 0 bridgehead atoms. The molecule has 5 nitrogen and oxygen atoms in total. The number of para-hydroxylation sites is 2. The van der Waals surface area contributed by atoms with Gasteiger partial charge in [-0.2, -0.15) is 0 Å². The second-order valence-corrected chi connectivity index (χ2v) is 7.15. The van der Waals surface area contributed by atoms with Crippen LogP contribution in [0.3, 0.4) is 0 Å². The van der Waals surface area contributed by atoms with Crippen LogP contribution in [0.15, 0.2) is 53.0 Å². The number of hydrogen-bond donors (Lipinski definition) is 0. The summed E-state index contributed by atoms with van der Waals surface area (Å²) in [5.74, 6) is 0.625. The van der Waals surface area contributed by atoms with E-state index in [0.717, 1.165) is 15.7 Å². The minimum Gasteiger partial charge on any atom is -0.490 e. The Morgan fingerprint density at radius 1 is 1.12 bits per heavy atom. The number of benzene rings is 2. The highest BCUT2D eigenvalue weighted by molar-refractivity contribution is 9.10. The van der Waals surface area contributed by atoms with Crippen molar-refractivity contribution in [3.05, 3.63) is 58.6 Å². The van der Waals surface area contributed by atoms with Gasteiger partial charge in [0.1, 0.15) is 12.4 Å². The lowest BCUT2D eigenvalue weighted by Crippen LogP contribution is -2.38. The molecular weight excluding hydrogens is 396 g/mol. The smallest absolute Gasteiger partial charge is 0.227 e. The van der Waals surface area contributed by atoms with Gasteiger partial charge in [-0.15, -0.1) is 0 Å². The molecule has 0 radical (unpaired) electrons. The largest absolute Gasteiger partial charge is 0.490 e. The first-order valence-corrected chi connectivity index (χ1v) is 9.34. The van der Waals surface area contributed by atoms with Gasteiger partial charge < -0.3 is 14.5 Å². The quantitative estimate of drug-likeness (QED) is 0.747. The Morgan fingerprint density at radius 3 is 2.62 bits per heavy atom. The number of carbonyl (C=O) groups excluding carboxylic acids is 2. The molecule has 1 aliphatic heterocycles. The second kappa shape index (κ2) is 8.36. The van der Waals surface area contributed by atoms with Crippen molar-refractivity contribution < 1.29 is 14.3 Å². The van der Waals surface area contributed by atoms with Gasteiger partial charge in [0.2, 0.25) is 11.8 Å². The minimum absolute atomic E-state index is 0.0391. The highest BCUT2D eigenvalue weighted by Crippen LogP contribution is 2.31. The van der Waals surface area contributed by atoms with Gasteiger partial charge in [-0.1, -0.05) is 40.2 Å². The van der Waals surface area contributed by atoms with E-state index in [1.807, 2.05) is 48.5 Å². The van der Waals surface area contributed by atoms with Crippen LogP contribution in [0.2, 0.25) is 0 Å². The summed E-state index contributed by atoms with van der Waals surface area (Å²) < 4.78 is 6.58. The number of rotatable bonds is 5. The van der Waals surface area contributed by atoms with Crippen LogP contribution >= 0.6 is 15.9 Å². The van der Waals surface area contributed by atoms with E-state index in [1.54, 1.807) is 16.8 Å². The Morgan fingerprint density at radius 2 is 1.85 bits per heavy atom. The van der Waals surface area contributed by atoms with Gasteiger partial charge in [0.05, 0.1) is 12.2 Å². The maximum absolute atomic E-state index is 12.6. The minimum atomic E-state index is -0.0499. The van der Waals surface area contributed by atoms with Crippen molar-refractivity contribution in [1.29, 1.82) is 0 Å². The van der Waals surface area contributed by atoms with E-state index in [-0.39, 0.29) is 24.7 Å². The number of carbonyl (C=O) groups is 2. The summed E-state index contributed by atoms with van der Waals surface area (Å²) in [6.07, 6.45) is 0.392. The van der Waals surface area contributed by atoms with Crippen LogP contribution < -0.4 is 9.64 Å². The van der Waals surface area contributed by atoms with Crippen LogP contribution in [0.4, 0.5) is 5.69 Å². The number of amides is 2. The molecule has 1 heterocycles. The second-order valence-electron chi connectivity index (χ2n) is 6.24. The number of ether oxygens (including phenoxy) is 1. The molecule has 2 aromatic rings. The molecule has 0 fully saturated rings. The molecule has 2 amide bonds. The molecule has 0 spiro atoms. The maximum Gasteiger partial charge on any atom is 0.227 e. The van der Waals surface area contributed by atoms with Gasteiger partial charge in [0, 0.05) is 30.9 Å².